The first kappa shape index (κ1) is 21.2. The van der Waals surface area contributed by atoms with Crippen LogP contribution < -0.4 is 14.8 Å². The molecule has 2 unspecified atom stereocenters. The fraction of sp³-hybridized carbons (Fsp3) is 0.520. The van der Waals surface area contributed by atoms with Crippen molar-refractivity contribution in [3.63, 3.8) is 0 Å². The molecule has 0 spiro atoms. The lowest BCUT2D eigenvalue weighted by Gasteiger charge is -2.18. The minimum absolute atomic E-state index is 0.189. The van der Waals surface area contributed by atoms with Crippen molar-refractivity contribution in [2.45, 2.75) is 57.9 Å². The first-order chi connectivity index (χ1) is 14.8. The van der Waals surface area contributed by atoms with E-state index in [9.17, 15) is 0 Å². The van der Waals surface area contributed by atoms with Crippen LogP contribution >= 0.6 is 0 Å². The van der Waals surface area contributed by atoms with Crippen LogP contribution in [0.1, 0.15) is 42.4 Å². The second-order valence-electron chi connectivity index (χ2n) is 8.19. The first-order valence-electron chi connectivity index (χ1n) is 11.1. The van der Waals surface area contributed by atoms with Crippen LogP contribution in [-0.4, -0.2) is 38.6 Å². The fourth-order valence-corrected chi connectivity index (χ4v) is 3.97. The lowest BCUT2D eigenvalue weighted by atomic mass is 10.1. The summed E-state index contributed by atoms with van der Waals surface area (Å²) in [5.41, 5.74) is 3.75. The maximum atomic E-state index is 6.18. The molecule has 2 saturated heterocycles. The Labute approximate surface area is 179 Å². The Hall–Kier alpha value is -2.08. The highest BCUT2D eigenvalue weighted by Crippen LogP contribution is 2.27. The third-order valence-corrected chi connectivity index (χ3v) is 5.84. The molecule has 2 aromatic carbocycles. The van der Waals surface area contributed by atoms with Gasteiger partial charge in [0.25, 0.3) is 0 Å². The standard InChI is InChI=1S/C25H33NO4/c1-19-6-2-3-7-20(19)15-26-16-21-10-11-22(29-17-23-8-4-12-27-23)14-25(21)30-18-24-9-5-13-28-24/h2-3,6-7,10-11,14,23-24,26H,4-5,8-9,12-13,15-18H2,1H3. The number of nitrogens with one attached hydrogen (secondary N) is 1. The molecule has 2 heterocycles. The van der Waals surface area contributed by atoms with E-state index in [0.717, 1.165) is 69.0 Å². The van der Waals surface area contributed by atoms with Crippen LogP contribution in [0.25, 0.3) is 0 Å². The Balaban J connectivity index is 1.38. The van der Waals surface area contributed by atoms with Crippen molar-refractivity contribution < 1.29 is 18.9 Å². The van der Waals surface area contributed by atoms with Gasteiger partial charge in [0.05, 0.1) is 12.2 Å². The lowest BCUT2D eigenvalue weighted by molar-refractivity contribution is 0.0652. The van der Waals surface area contributed by atoms with Crippen molar-refractivity contribution in [3.05, 3.63) is 59.2 Å². The summed E-state index contributed by atoms with van der Waals surface area (Å²) in [7, 11) is 0. The normalized spacial score (nSPS) is 21.1. The maximum Gasteiger partial charge on any atom is 0.127 e. The summed E-state index contributed by atoms with van der Waals surface area (Å²) in [6, 6.07) is 14.6. The van der Waals surface area contributed by atoms with Crippen molar-refractivity contribution in [1.82, 2.24) is 5.32 Å². The zero-order chi connectivity index (χ0) is 20.6. The van der Waals surface area contributed by atoms with E-state index in [2.05, 4.69) is 42.6 Å². The molecule has 0 aliphatic carbocycles. The van der Waals surface area contributed by atoms with E-state index in [-0.39, 0.29) is 12.2 Å². The molecular weight excluding hydrogens is 378 g/mol. The Morgan fingerprint density at radius 1 is 0.867 bits per heavy atom. The van der Waals surface area contributed by atoms with Crippen LogP contribution in [0.4, 0.5) is 0 Å². The van der Waals surface area contributed by atoms with E-state index in [1.165, 1.54) is 11.1 Å². The number of hydrogen-bond acceptors (Lipinski definition) is 5. The molecule has 0 bridgehead atoms. The van der Waals surface area contributed by atoms with Gasteiger partial charge >= 0.3 is 0 Å². The zero-order valence-corrected chi connectivity index (χ0v) is 17.9. The van der Waals surface area contributed by atoms with Crippen molar-refractivity contribution in [3.8, 4) is 11.5 Å². The Bertz CT molecular complexity index is 797. The quantitative estimate of drug-likeness (QED) is 0.628. The van der Waals surface area contributed by atoms with Gasteiger partial charge in [-0.25, -0.2) is 0 Å². The van der Waals surface area contributed by atoms with Crippen LogP contribution in [0.2, 0.25) is 0 Å². The number of rotatable bonds is 10. The molecule has 0 amide bonds. The third-order valence-electron chi connectivity index (χ3n) is 5.84. The van der Waals surface area contributed by atoms with Gasteiger partial charge in [-0.3, -0.25) is 0 Å². The van der Waals surface area contributed by atoms with Gasteiger partial charge in [-0.2, -0.15) is 0 Å². The average Bonchev–Trinajstić information content (AvgIpc) is 3.47. The molecule has 0 aromatic heterocycles. The van der Waals surface area contributed by atoms with Gasteiger partial charge < -0.3 is 24.3 Å². The number of hydrogen-bond donors (Lipinski definition) is 1. The molecule has 2 atom stereocenters. The Morgan fingerprint density at radius 2 is 1.57 bits per heavy atom. The predicted molar refractivity (Wildman–Crippen MR) is 117 cm³/mol. The summed E-state index contributed by atoms with van der Waals surface area (Å²) in [4.78, 5) is 0. The SMILES string of the molecule is Cc1ccccc1CNCc1ccc(OCC2CCCO2)cc1OCC1CCCO1. The Kier molecular flexibility index (Phi) is 7.62. The predicted octanol–water partition coefficient (Wildman–Crippen LogP) is 4.40. The van der Waals surface area contributed by atoms with Crippen molar-refractivity contribution in [2.24, 2.45) is 0 Å². The van der Waals surface area contributed by atoms with E-state index >= 15 is 0 Å². The van der Waals surface area contributed by atoms with E-state index in [1.807, 2.05) is 12.1 Å². The molecule has 5 nitrogen and oxygen atoms in total. The molecular formula is C25H33NO4. The van der Waals surface area contributed by atoms with Crippen LogP contribution in [0.3, 0.4) is 0 Å². The molecule has 2 aromatic rings. The second kappa shape index (κ2) is 10.8. The fourth-order valence-electron chi connectivity index (χ4n) is 3.97. The van der Waals surface area contributed by atoms with Gasteiger partial charge in [-0.1, -0.05) is 30.3 Å². The van der Waals surface area contributed by atoms with Crippen LogP contribution in [0, 0.1) is 6.92 Å². The van der Waals surface area contributed by atoms with E-state index in [0.29, 0.717) is 13.2 Å². The largest absolute Gasteiger partial charge is 0.491 e. The zero-order valence-electron chi connectivity index (χ0n) is 17.9. The summed E-state index contributed by atoms with van der Waals surface area (Å²) in [5, 5.41) is 3.55. The molecule has 30 heavy (non-hydrogen) atoms. The topological polar surface area (TPSA) is 49.0 Å². The van der Waals surface area contributed by atoms with E-state index < -0.39 is 0 Å². The van der Waals surface area contributed by atoms with E-state index in [4.69, 9.17) is 18.9 Å². The van der Waals surface area contributed by atoms with Gasteiger partial charge in [0.1, 0.15) is 24.7 Å². The summed E-state index contributed by atoms with van der Waals surface area (Å²) >= 11 is 0. The van der Waals surface area contributed by atoms with Crippen LogP contribution in [-0.2, 0) is 22.6 Å². The highest BCUT2D eigenvalue weighted by atomic mass is 16.5. The minimum Gasteiger partial charge on any atom is -0.491 e. The van der Waals surface area contributed by atoms with Gasteiger partial charge in [-0.15, -0.1) is 0 Å². The maximum absolute atomic E-state index is 6.18. The molecule has 1 N–H and O–H groups in total. The highest BCUT2D eigenvalue weighted by molar-refractivity contribution is 5.41. The molecule has 162 valence electrons. The lowest BCUT2D eigenvalue weighted by Crippen LogP contribution is -2.19. The van der Waals surface area contributed by atoms with Crippen molar-refractivity contribution >= 4 is 0 Å². The van der Waals surface area contributed by atoms with Gasteiger partial charge in [0, 0.05) is 37.9 Å². The summed E-state index contributed by atoms with van der Waals surface area (Å²) in [6.45, 7) is 6.57. The van der Waals surface area contributed by atoms with Gasteiger partial charge in [-0.05, 0) is 49.8 Å². The monoisotopic (exact) mass is 411 g/mol. The molecule has 2 aliphatic rings. The second-order valence-corrected chi connectivity index (χ2v) is 8.19. The van der Waals surface area contributed by atoms with Crippen molar-refractivity contribution in [2.75, 3.05) is 26.4 Å². The van der Waals surface area contributed by atoms with Gasteiger partial charge in [0.15, 0.2) is 0 Å². The minimum atomic E-state index is 0.189. The highest BCUT2D eigenvalue weighted by Gasteiger charge is 2.18. The molecule has 2 fully saturated rings. The summed E-state index contributed by atoms with van der Waals surface area (Å²) in [6.07, 6.45) is 4.77. The number of aryl methyl sites for hydroxylation is 1. The summed E-state index contributed by atoms with van der Waals surface area (Å²) in [5.74, 6) is 1.70. The number of ether oxygens (including phenoxy) is 4. The molecule has 0 saturated carbocycles. The van der Waals surface area contributed by atoms with E-state index in [1.54, 1.807) is 0 Å². The van der Waals surface area contributed by atoms with Crippen molar-refractivity contribution in [1.29, 1.82) is 0 Å². The molecule has 5 heteroatoms. The third kappa shape index (κ3) is 5.97. The van der Waals surface area contributed by atoms with Crippen LogP contribution in [0.5, 0.6) is 11.5 Å². The molecule has 0 radical (unpaired) electrons. The number of benzene rings is 2. The summed E-state index contributed by atoms with van der Waals surface area (Å²) < 4.78 is 23.6. The van der Waals surface area contributed by atoms with Crippen LogP contribution in [0.15, 0.2) is 42.5 Å². The van der Waals surface area contributed by atoms with Gasteiger partial charge in [0.2, 0.25) is 0 Å². The molecule has 2 aliphatic heterocycles. The first-order valence-corrected chi connectivity index (χ1v) is 11.1. The molecule has 4 rings (SSSR count). The Morgan fingerprint density at radius 3 is 2.27 bits per heavy atom. The average molecular weight is 412 g/mol. The smallest absolute Gasteiger partial charge is 0.127 e.